The number of carbonyl (C=O) groups is 4. The molecule has 3 aliphatic rings. The zero-order valence-electron chi connectivity index (χ0n) is 24.2. The molecule has 3 atom stereocenters. The lowest BCUT2D eigenvalue weighted by atomic mass is 9.60. The highest BCUT2D eigenvalue weighted by molar-refractivity contribution is 5.96. The van der Waals surface area contributed by atoms with Crippen LogP contribution in [0.5, 0.6) is 0 Å². The normalized spacial score (nSPS) is 24.9. The summed E-state index contributed by atoms with van der Waals surface area (Å²) in [7, 11) is 0. The van der Waals surface area contributed by atoms with Gasteiger partial charge in [-0.25, -0.2) is 4.79 Å². The summed E-state index contributed by atoms with van der Waals surface area (Å²) in [6, 6.07) is -1.91. The molecule has 3 fully saturated rings. The second-order valence-corrected chi connectivity index (χ2v) is 12.5. The van der Waals surface area contributed by atoms with Crippen LogP contribution in [0.15, 0.2) is 0 Å². The Morgan fingerprint density at radius 3 is 2.29 bits per heavy atom. The van der Waals surface area contributed by atoms with Crippen molar-refractivity contribution >= 4 is 23.6 Å². The van der Waals surface area contributed by atoms with Crippen molar-refractivity contribution in [1.29, 1.82) is 0 Å². The van der Waals surface area contributed by atoms with E-state index in [1.54, 1.807) is 4.90 Å². The number of carbonyl (C=O) groups excluding carboxylic acids is 4. The Hall–Kier alpha value is -2.16. The van der Waals surface area contributed by atoms with Gasteiger partial charge in [0.1, 0.15) is 0 Å². The quantitative estimate of drug-likeness (QED) is 0.355. The van der Waals surface area contributed by atoms with Gasteiger partial charge in [-0.05, 0) is 48.9 Å². The molecule has 1 saturated carbocycles. The van der Waals surface area contributed by atoms with Crippen LogP contribution in [0.2, 0.25) is 0 Å². The number of Topliss-reactive ketones (excluding diaryl/α,β-unsaturated/α-hetero) is 1. The zero-order chi connectivity index (χ0) is 28.1. The number of amides is 4. The molecule has 2 heterocycles. The Morgan fingerprint density at radius 1 is 1.03 bits per heavy atom. The second kappa shape index (κ2) is 12.8. The standard InChI is InChI=1S/C29H50N4O5/c1-6-28(5,7-2)17-25(36)32-15-8-10-22(32)26(37)23-16-21(34)19-33(23)27(38)31-18-24(35)30-14-13-29(20(3)4)11-9-12-29/h20-23,34H,6-19H2,1-5H3,(H,30,35)(H,31,38). The molecule has 2 aliphatic heterocycles. The van der Waals surface area contributed by atoms with Crippen LogP contribution in [0.3, 0.4) is 0 Å². The van der Waals surface area contributed by atoms with Gasteiger partial charge in [0.05, 0.1) is 24.7 Å². The maximum Gasteiger partial charge on any atom is 0.318 e. The molecule has 0 aromatic rings. The monoisotopic (exact) mass is 534 g/mol. The fraction of sp³-hybridized carbons (Fsp3) is 0.862. The summed E-state index contributed by atoms with van der Waals surface area (Å²) in [4.78, 5) is 55.1. The maximum atomic E-state index is 13.6. The number of nitrogens with zero attached hydrogens (tertiary/aromatic N) is 2. The van der Waals surface area contributed by atoms with Crippen molar-refractivity contribution in [3.05, 3.63) is 0 Å². The van der Waals surface area contributed by atoms with Crippen molar-refractivity contribution in [3.8, 4) is 0 Å². The lowest BCUT2D eigenvalue weighted by Gasteiger charge is -2.46. The number of aliphatic hydroxyl groups excluding tert-OH is 1. The smallest absolute Gasteiger partial charge is 0.318 e. The van der Waals surface area contributed by atoms with Crippen LogP contribution in [0.25, 0.3) is 0 Å². The van der Waals surface area contributed by atoms with Gasteiger partial charge in [0.25, 0.3) is 0 Å². The van der Waals surface area contributed by atoms with E-state index < -0.39 is 24.2 Å². The maximum absolute atomic E-state index is 13.6. The zero-order valence-corrected chi connectivity index (χ0v) is 24.2. The lowest BCUT2D eigenvalue weighted by Crippen LogP contribution is -2.53. The first-order valence-corrected chi connectivity index (χ1v) is 14.8. The Labute approximate surface area is 228 Å². The minimum atomic E-state index is -0.813. The van der Waals surface area contributed by atoms with E-state index in [4.69, 9.17) is 0 Å². The van der Waals surface area contributed by atoms with Gasteiger partial charge in [-0.1, -0.05) is 53.9 Å². The highest BCUT2D eigenvalue weighted by Gasteiger charge is 2.45. The predicted octanol–water partition coefficient (Wildman–Crippen LogP) is 3.24. The summed E-state index contributed by atoms with van der Waals surface area (Å²) in [6.45, 7) is 11.7. The summed E-state index contributed by atoms with van der Waals surface area (Å²) < 4.78 is 0. The molecule has 9 nitrogen and oxygen atoms in total. The highest BCUT2D eigenvalue weighted by atomic mass is 16.3. The van der Waals surface area contributed by atoms with Gasteiger partial charge in [-0.2, -0.15) is 0 Å². The number of ketones is 1. The number of urea groups is 1. The van der Waals surface area contributed by atoms with Crippen LogP contribution in [-0.2, 0) is 14.4 Å². The summed E-state index contributed by atoms with van der Waals surface area (Å²) in [5.74, 6) is 0.111. The van der Waals surface area contributed by atoms with E-state index in [9.17, 15) is 24.3 Å². The first kappa shape index (κ1) is 30.4. The van der Waals surface area contributed by atoms with Crippen LogP contribution in [0.1, 0.15) is 98.8 Å². The molecule has 1 aliphatic carbocycles. The molecule has 3 rings (SSSR count). The second-order valence-electron chi connectivity index (χ2n) is 12.5. The molecule has 3 unspecified atom stereocenters. The number of likely N-dealkylation sites (tertiary alicyclic amines) is 2. The molecule has 0 aromatic carbocycles. The largest absolute Gasteiger partial charge is 0.391 e. The van der Waals surface area contributed by atoms with Crippen LogP contribution >= 0.6 is 0 Å². The Balaban J connectivity index is 1.53. The number of β-amino-alcohol motifs (C(OH)–C–C–N with tert-alkyl or cyclic N) is 1. The molecule has 4 amide bonds. The average molecular weight is 535 g/mol. The van der Waals surface area contributed by atoms with E-state index in [1.165, 1.54) is 24.2 Å². The average Bonchev–Trinajstić information content (AvgIpc) is 3.50. The highest BCUT2D eigenvalue weighted by Crippen LogP contribution is 2.49. The van der Waals surface area contributed by atoms with Gasteiger partial charge in [0, 0.05) is 32.5 Å². The molecule has 9 heteroatoms. The molecule has 3 N–H and O–H groups in total. The minimum Gasteiger partial charge on any atom is -0.391 e. The number of rotatable bonds is 12. The third-order valence-corrected chi connectivity index (χ3v) is 9.97. The first-order chi connectivity index (χ1) is 17.9. The number of aliphatic hydroxyl groups is 1. The van der Waals surface area contributed by atoms with Crippen molar-refractivity contribution in [2.24, 2.45) is 16.7 Å². The number of hydrogen-bond acceptors (Lipinski definition) is 5. The van der Waals surface area contributed by atoms with Crippen LogP contribution in [0.4, 0.5) is 4.79 Å². The number of nitrogens with one attached hydrogen (secondary N) is 2. The third-order valence-electron chi connectivity index (χ3n) is 9.97. The molecule has 0 aromatic heterocycles. The van der Waals surface area contributed by atoms with E-state index >= 15 is 0 Å². The summed E-state index contributed by atoms with van der Waals surface area (Å²) in [5.41, 5.74) is 0.216. The van der Waals surface area contributed by atoms with Crippen LogP contribution < -0.4 is 10.6 Å². The van der Waals surface area contributed by atoms with Crippen molar-refractivity contribution < 1.29 is 24.3 Å². The SMILES string of the molecule is CCC(C)(CC)CC(=O)N1CCCC1C(=O)C1CC(O)CN1C(=O)NCC(=O)NCCC1(C(C)C)CCC1. The van der Waals surface area contributed by atoms with Gasteiger partial charge in [0.15, 0.2) is 5.78 Å². The van der Waals surface area contributed by atoms with Crippen molar-refractivity contribution in [1.82, 2.24) is 20.4 Å². The van der Waals surface area contributed by atoms with Gasteiger partial charge < -0.3 is 25.5 Å². The molecule has 0 radical (unpaired) electrons. The Kier molecular flexibility index (Phi) is 10.2. The van der Waals surface area contributed by atoms with Gasteiger partial charge in [0.2, 0.25) is 11.8 Å². The van der Waals surface area contributed by atoms with Gasteiger partial charge in [-0.3, -0.25) is 14.4 Å². The summed E-state index contributed by atoms with van der Waals surface area (Å²) in [5, 5.41) is 15.9. The predicted molar refractivity (Wildman–Crippen MR) is 146 cm³/mol. The Bertz CT molecular complexity index is 867. The molecule has 2 saturated heterocycles. The molecular formula is C29H50N4O5. The fourth-order valence-corrected chi connectivity index (χ4v) is 6.38. The van der Waals surface area contributed by atoms with Crippen LogP contribution in [-0.4, -0.2) is 82.9 Å². The third kappa shape index (κ3) is 6.88. The minimum absolute atomic E-state index is 0.0144. The Morgan fingerprint density at radius 2 is 1.71 bits per heavy atom. The van der Waals surface area contributed by atoms with Gasteiger partial charge in [-0.15, -0.1) is 0 Å². The lowest BCUT2D eigenvalue weighted by molar-refractivity contribution is -0.140. The summed E-state index contributed by atoms with van der Waals surface area (Å²) >= 11 is 0. The molecule has 38 heavy (non-hydrogen) atoms. The number of hydrogen-bond donors (Lipinski definition) is 3. The van der Waals surface area contributed by atoms with Crippen molar-refractivity contribution in [2.75, 3.05) is 26.2 Å². The first-order valence-electron chi connectivity index (χ1n) is 14.8. The topological polar surface area (TPSA) is 119 Å². The van der Waals surface area contributed by atoms with E-state index in [1.807, 2.05) is 0 Å². The molecule has 216 valence electrons. The van der Waals surface area contributed by atoms with E-state index in [0.717, 1.165) is 25.7 Å². The fourth-order valence-electron chi connectivity index (χ4n) is 6.38. The molecule has 0 bridgehead atoms. The van der Waals surface area contributed by atoms with Crippen LogP contribution in [0, 0.1) is 16.7 Å². The van der Waals surface area contributed by atoms with E-state index in [0.29, 0.717) is 37.3 Å². The van der Waals surface area contributed by atoms with Crippen molar-refractivity contribution in [2.45, 2.75) is 117 Å². The van der Waals surface area contributed by atoms with E-state index in [2.05, 4.69) is 45.3 Å². The molecule has 0 spiro atoms. The van der Waals surface area contributed by atoms with E-state index in [-0.39, 0.29) is 42.5 Å². The molecular weight excluding hydrogens is 484 g/mol. The summed E-state index contributed by atoms with van der Waals surface area (Å²) in [6.07, 6.45) is 7.40. The van der Waals surface area contributed by atoms with Gasteiger partial charge >= 0.3 is 6.03 Å². The van der Waals surface area contributed by atoms with Crippen molar-refractivity contribution in [3.63, 3.8) is 0 Å².